The van der Waals surface area contributed by atoms with Crippen molar-refractivity contribution in [1.29, 1.82) is 0 Å². The van der Waals surface area contributed by atoms with Gasteiger partial charge in [0.05, 0.1) is 24.2 Å². The van der Waals surface area contributed by atoms with Crippen LogP contribution in [0.3, 0.4) is 0 Å². The molecule has 160 valence electrons. The molecular weight excluding hydrogens is 390 g/mol. The molecule has 0 unspecified atom stereocenters. The van der Waals surface area contributed by atoms with Gasteiger partial charge in [0, 0.05) is 24.5 Å². The maximum atomic E-state index is 10.2. The lowest BCUT2D eigenvalue weighted by Crippen LogP contribution is -2.26. The number of aromatic hydroxyl groups is 1. The van der Waals surface area contributed by atoms with Crippen molar-refractivity contribution in [1.82, 2.24) is 14.5 Å². The van der Waals surface area contributed by atoms with E-state index >= 15 is 0 Å². The van der Waals surface area contributed by atoms with Crippen LogP contribution >= 0.6 is 0 Å². The second-order valence-corrected chi connectivity index (χ2v) is 7.78. The number of imidazole rings is 1. The van der Waals surface area contributed by atoms with Gasteiger partial charge in [-0.15, -0.1) is 0 Å². The van der Waals surface area contributed by atoms with E-state index in [1.54, 1.807) is 12.1 Å². The number of aryl methyl sites for hydroxylation is 2. The summed E-state index contributed by atoms with van der Waals surface area (Å²) >= 11 is 0. The molecule has 2 aromatic heterocycles. The molecule has 4 aromatic rings. The van der Waals surface area contributed by atoms with Crippen LogP contribution in [-0.2, 0) is 13.1 Å². The Labute approximate surface area is 181 Å². The van der Waals surface area contributed by atoms with Crippen LogP contribution in [0.25, 0.3) is 11.0 Å². The molecule has 4 rings (SSSR count). The number of aromatic nitrogens is 3. The van der Waals surface area contributed by atoms with Gasteiger partial charge in [-0.1, -0.05) is 18.2 Å². The molecule has 2 heterocycles. The first kappa shape index (κ1) is 20.7. The van der Waals surface area contributed by atoms with Crippen LogP contribution in [0, 0.1) is 13.8 Å². The molecule has 0 aliphatic rings. The molecule has 0 radical (unpaired) electrons. The van der Waals surface area contributed by atoms with Gasteiger partial charge < -0.3 is 25.4 Å². The maximum Gasteiger partial charge on any atom is 0.201 e. The second kappa shape index (κ2) is 8.65. The van der Waals surface area contributed by atoms with E-state index in [0.717, 1.165) is 28.0 Å². The zero-order valence-electron chi connectivity index (χ0n) is 17.8. The minimum atomic E-state index is 0.0688. The number of pyridine rings is 1. The van der Waals surface area contributed by atoms with Gasteiger partial charge in [-0.3, -0.25) is 4.98 Å². The Bertz CT molecular complexity index is 1220. The highest BCUT2D eigenvalue weighted by Crippen LogP contribution is 2.25. The molecule has 7 nitrogen and oxygen atoms in total. The summed E-state index contributed by atoms with van der Waals surface area (Å²) in [6.45, 7) is 5.51. The highest BCUT2D eigenvalue weighted by Gasteiger charge is 2.14. The second-order valence-electron chi connectivity index (χ2n) is 7.78. The molecule has 0 amide bonds. The number of nitrogens with zero attached hydrogens (tertiary/aromatic N) is 4. The fraction of sp³-hybridized carbons (Fsp3) is 0.250. The number of benzene rings is 2. The fourth-order valence-electron chi connectivity index (χ4n) is 3.79. The van der Waals surface area contributed by atoms with E-state index in [1.165, 1.54) is 5.56 Å². The molecule has 0 saturated heterocycles. The average Bonchev–Trinajstić information content (AvgIpc) is 3.05. The van der Waals surface area contributed by atoms with Crippen LogP contribution in [-0.4, -0.2) is 37.9 Å². The predicted octanol–water partition coefficient (Wildman–Crippen LogP) is 3.38. The Kier molecular flexibility index (Phi) is 5.77. The van der Waals surface area contributed by atoms with Crippen LogP contribution in [0.1, 0.15) is 22.5 Å². The van der Waals surface area contributed by atoms with E-state index in [-0.39, 0.29) is 12.4 Å². The Balaban J connectivity index is 1.68. The van der Waals surface area contributed by atoms with E-state index in [1.807, 2.05) is 29.7 Å². The Morgan fingerprint density at radius 1 is 1.03 bits per heavy atom. The molecule has 31 heavy (non-hydrogen) atoms. The predicted molar refractivity (Wildman–Crippen MR) is 123 cm³/mol. The number of anilines is 2. The molecule has 7 heteroatoms. The smallest absolute Gasteiger partial charge is 0.201 e. The van der Waals surface area contributed by atoms with Crippen molar-refractivity contribution in [2.75, 3.05) is 23.8 Å². The molecule has 2 aromatic carbocycles. The molecule has 0 aliphatic heterocycles. The van der Waals surface area contributed by atoms with E-state index in [9.17, 15) is 10.2 Å². The van der Waals surface area contributed by atoms with Gasteiger partial charge >= 0.3 is 0 Å². The zero-order valence-corrected chi connectivity index (χ0v) is 17.8. The third-order valence-electron chi connectivity index (χ3n) is 5.35. The first-order chi connectivity index (χ1) is 14.9. The van der Waals surface area contributed by atoms with E-state index in [4.69, 9.17) is 5.73 Å². The Morgan fingerprint density at radius 3 is 2.65 bits per heavy atom. The molecule has 0 spiro atoms. The summed E-state index contributed by atoms with van der Waals surface area (Å²) in [7, 11) is 0. The van der Waals surface area contributed by atoms with Crippen molar-refractivity contribution in [3.63, 3.8) is 0 Å². The summed E-state index contributed by atoms with van der Waals surface area (Å²) in [6.07, 6.45) is 0. The van der Waals surface area contributed by atoms with Crippen LogP contribution in [0.2, 0.25) is 0 Å². The van der Waals surface area contributed by atoms with Gasteiger partial charge in [-0.05, 0) is 61.4 Å². The lowest BCUT2D eigenvalue weighted by molar-refractivity contribution is 0.301. The van der Waals surface area contributed by atoms with Gasteiger partial charge in [-0.25, -0.2) is 4.98 Å². The molecule has 4 N–H and O–H groups in total. The van der Waals surface area contributed by atoms with Crippen molar-refractivity contribution >= 4 is 22.7 Å². The maximum absolute atomic E-state index is 10.2. The average molecular weight is 418 g/mol. The molecule has 0 aliphatic carbocycles. The van der Waals surface area contributed by atoms with Crippen molar-refractivity contribution in [3.05, 3.63) is 77.1 Å². The third kappa shape index (κ3) is 4.46. The van der Waals surface area contributed by atoms with E-state index in [0.29, 0.717) is 31.3 Å². The van der Waals surface area contributed by atoms with E-state index in [2.05, 4.69) is 46.1 Å². The number of nitrogen functional groups attached to an aromatic ring is 1. The monoisotopic (exact) mass is 417 g/mol. The highest BCUT2D eigenvalue weighted by molar-refractivity contribution is 5.79. The minimum Gasteiger partial charge on any atom is -0.506 e. The van der Waals surface area contributed by atoms with Crippen LogP contribution in [0.4, 0.5) is 11.6 Å². The van der Waals surface area contributed by atoms with Crippen LogP contribution < -0.4 is 10.6 Å². The number of rotatable bonds is 7. The molecular formula is C24H27N5O2. The molecule has 0 bridgehead atoms. The molecule has 0 atom stereocenters. The number of fused-ring (bicyclic) bond motifs is 1. The largest absolute Gasteiger partial charge is 0.506 e. The SMILES string of the molecule is Cc1cccc(N(CCO)Cc2ccc3nc(N)n(Cc4nc(C)ccc4O)c3c2)c1. The topological polar surface area (TPSA) is 100 Å². The summed E-state index contributed by atoms with van der Waals surface area (Å²) < 4.78 is 1.86. The summed E-state index contributed by atoms with van der Waals surface area (Å²) in [5.41, 5.74) is 12.6. The highest BCUT2D eigenvalue weighted by atomic mass is 16.3. The van der Waals surface area contributed by atoms with Gasteiger partial charge in [0.1, 0.15) is 11.4 Å². The summed E-state index contributed by atoms with van der Waals surface area (Å²) in [4.78, 5) is 11.1. The Morgan fingerprint density at radius 2 is 1.87 bits per heavy atom. The minimum absolute atomic E-state index is 0.0688. The normalized spacial score (nSPS) is 11.2. The standard InChI is InChI=1S/C24H27N5O2/c1-16-4-3-5-19(12-16)28(10-11-30)14-18-7-8-20-22(13-18)29(24(25)27-20)15-21-23(31)9-6-17(2)26-21/h3-9,12-13,30-31H,10-11,14-15H2,1-2H3,(H2,25,27). The number of hydrogen-bond donors (Lipinski definition) is 3. The van der Waals surface area contributed by atoms with Crippen LogP contribution in [0.15, 0.2) is 54.6 Å². The fourth-order valence-corrected chi connectivity index (χ4v) is 3.79. The Hall–Kier alpha value is -3.58. The van der Waals surface area contributed by atoms with E-state index < -0.39 is 0 Å². The van der Waals surface area contributed by atoms with Gasteiger partial charge in [0.15, 0.2) is 0 Å². The third-order valence-corrected chi connectivity index (χ3v) is 5.35. The lowest BCUT2D eigenvalue weighted by atomic mass is 10.1. The summed E-state index contributed by atoms with van der Waals surface area (Å²) in [6, 6.07) is 17.7. The first-order valence-corrected chi connectivity index (χ1v) is 10.3. The molecule has 0 fully saturated rings. The number of hydrogen-bond acceptors (Lipinski definition) is 6. The molecule has 0 saturated carbocycles. The quantitative estimate of drug-likeness (QED) is 0.426. The van der Waals surface area contributed by atoms with Gasteiger partial charge in [0.25, 0.3) is 0 Å². The summed E-state index contributed by atoms with van der Waals surface area (Å²) in [5.74, 6) is 0.511. The van der Waals surface area contributed by atoms with Gasteiger partial charge in [-0.2, -0.15) is 0 Å². The number of aliphatic hydroxyl groups excluding tert-OH is 1. The van der Waals surface area contributed by atoms with Crippen molar-refractivity contribution in [2.45, 2.75) is 26.9 Å². The van der Waals surface area contributed by atoms with Gasteiger partial charge in [0.2, 0.25) is 5.95 Å². The zero-order chi connectivity index (χ0) is 22.0. The van der Waals surface area contributed by atoms with Crippen molar-refractivity contribution in [3.8, 4) is 5.75 Å². The van der Waals surface area contributed by atoms with Crippen LogP contribution in [0.5, 0.6) is 5.75 Å². The summed E-state index contributed by atoms with van der Waals surface area (Å²) in [5, 5.41) is 19.8. The van der Waals surface area contributed by atoms with Crippen molar-refractivity contribution < 1.29 is 10.2 Å². The number of nitrogens with two attached hydrogens (primary N) is 1. The van der Waals surface area contributed by atoms with Crippen molar-refractivity contribution in [2.24, 2.45) is 0 Å². The lowest BCUT2D eigenvalue weighted by Gasteiger charge is -2.24. The number of aliphatic hydroxyl groups is 1. The first-order valence-electron chi connectivity index (χ1n) is 10.3.